The smallest absolute Gasteiger partial charge is 0.0623 e. The molecule has 0 aliphatic carbocycles. The molecule has 0 radical (unpaired) electrons. The van der Waals surface area contributed by atoms with Crippen molar-refractivity contribution >= 4 is 0 Å². The predicted octanol–water partition coefficient (Wildman–Crippen LogP) is 1.98. The third-order valence-corrected chi connectivity index (χ3v) is 3.40. The van der Waals surface area contributed by atoms with Crippen molar-refractivity contribution in [3.63, 3.8) is 0 Å². The van der Waals surface area contributed by atoms with Gasteiger partial charge in [0.2, 0.25) is 0 Å². The number of ether oxygens (including phenoxy) is 2. The first-order valence-electron chi connectivity index (χ1n) is 5.86. The molecule has 1 aliphatic rings. The first-order chi connectivity index (χ1) is 7.05. The number of hydrogen-bond acceptors (Lipinski definition) is 3. The van der Waals surface area contributed by atoms with E-state index in [2.05, 4.69) is 13.8 Å². The molecule has 3 nitrogen and oxygen atoms in total. The molecule has 1 heterocycles. The molecule has 90 valence electrons. The standard InChI is InChI=1S/C12H24O3/c1-12(2,14-3)7-4-11(13)10-5-8-15-9-6-10/h10-11,13H,4-9H2,1-3H3. The lowest BCUT2D eigenvalue weighted by atomic mass is 9.88. The Balaban J connectivity index is 2.25. The molecular formula is C12H24O3. The highest BCUT2D eigenvalue weighted by Gasteiger charge is 2.25. The van der Waals surface area contributed by atoms with Gasteiger partial charge in [0.1, 0.15) is 0 Å². The Morgan fingerprint density at radius 2 is 2.00 bits per heavy atom. The van der Waals surface area contributed by atoms with E-state index in [0.29, 0.717) is 5.92 Å². The van der Waals surface area contributed by atoms with Crippen LogP contribution in [0.15, 0.2) is 0 Å². The molecule has 1 saturated heterocycles. The molecule has 0 saturated carbocycles. The van der Waals surface area contributed by atoms with Gasteiger partial charge >= 0.3 is 0 Å². The molecule has 15 heavy (non-hydrogen) atoms. The van der Waals surface area contributed by atoms with Crippen LogP contribution < -0.4 is 0 Å². The summed E-state index contributed by atoms with van der Waals surface area (Å²) in [4.78, 5) is 0. The number of methoxy groups -OCH3 is 1. The maximum Gasteiger partial charge on any atom is 0.0623 e. The summed E-state index contributed by atoms with van der Waals surface area (Å²) in [6.07, 6.45) is 3.53. The molecule has 0 aromatic heterocycles. The van der Waals surface area contributed by atoms with E-state index in [1.165, 1.54) is 0 Å². The molecule has 0 aromatic rings. The van der Waals surface area contributed by atoms with Crippen LogP contribution in [0.1, 0.15) is 39.5 Å². The maximum atomic E-state index is 10.0. The monoisotopic (exact) mass is 216 g/mol. The number of aliphatic hydroxyl groups is 1. The van der Waals surface area contributed by atoms with E-state index in [4.69, 9.17) is 9.47 Å². The molecule has 1 atom stereocenters. The van der Waals surface area contributed by atoms with E-state index < -0.39 is 0 Å². The van der Waals surface area contributed by atoms with Gasteiger partial charge in [-0.15, -0.1) is 0 Å². The minimum Gasteiger partial charge on any atom is -0.393 e. The van der Waals surface area contributed by atoms with Gasteiger partial charge < -0.3 is 14.6 Å². The zero-order chi connectivity index (χ0) is 11.3. The second-order valence-corrected chi connectivity index (χ2v) is 5.02. The Hall–Kier alpha value is -0.120. The van der Waals surface area contributed by atoms with Crippen molar-refractivity contribution in [2.24, 2.45) is 5.92 Å². The van der Waals surface area contributed by atoms with Crippen LogP contribution in [0, 0.1) is 5.92 Å². The molecule has 0 bridgehead atoms. The first-order valence-corrected chi connectivity index (χ1v) is 5.86. The molecule has 1 aliphatic heterocycles. The van der Waals surface area contributed by atoms with E-state index in [-0.39, 0.29) is 11.7 Å². The minimum atomic E-state index is -0.191. The van der Waals surface area contributed by atoms with Crippen molar-refractivity contribution in [1.82, 2.24) is 0 Å². The quantitative estimate of drug-likeness (QED) is 0.763. The normalized spacial score (nSPS) is 21.6. The van der Waals surface area contributed by atoms with Crippen LogP contribution in [-0.4, -0.2) is 37.1 Å². The van der Waals surface area contributed by atoms with Gasteiger partial charge in [0.05, 0.1) is 11.7 Å². The first kappa shape index (κ1) is 12.9. The lowest BCUT2D eigenvalue weighted by Gasteiger charge is -2.29. The van der Waals surface area contributed by atoms with Gasteiger partial charge in [0.25, 0.3) is 0 Å². The van der Waals surface area contributed by atoms with Gasteiger partial charge in [0.15, 0.2) is 0 Å². The summed E-state index contributed by atoms with van der Waals surface area (Å²) in [6, 6.07) is 0. The van der Waals surface area contributed by atoms with Crippen LogP contribution in [0.5, 0.6) is 0 Å². The Labute approximate surface area is 92.8 Å². The average Bonchev–Trinajstić information content (AvgIpc) is 2.27. The van der Waals surface area contributed by atoms with Crippen molar-refractivity contribution in [3.8, 4) is 0 Å². The molecule has 1 N–H and O–H groups in total. The summed E-state index contributed by atoms with van der Waals surface area (Å²) in [5.41, 5.74) is -0.119. The molecular weight excluding hydrogens is 192 g/mol. The zero-order valence-corrected chi connectivity index (χ0v) is 10.2. The summed E-state index contributed by atoms with van der Waals surface area (Å²) < 4.78 is 10.6. The molecule has 1 fully saturated rings. The fourth-order valence-corrected chi connectivity index (χ4v) is 1.93. The van der Waals surface area contributed by atoms with Crippen molar-refractivity contribution in [1.29, 1.82) is 0 Å². The second-order valence-electron chi connectivity index (χ2n) is 5.02. The van der Waals surface area contributed by atoms with Crippen molar-refractivity contribution in [2.75, 3.05) is 20.3 Å². The third kappa shape index (κ3) is 4.49. The summed E-state index contributed by atoms with van der Waals surface area (Å²) in [5.74, 6) is 0.423. The van der Waals surface area contributed by atoms with E-state index in [9.17, 15) is 5.11 Å². The van der Waals surface area contributed by atoms with Crippen LogP contribution in [0.4, 0.5) is 0 Å². The topological polar surface area (TPSA) is 38.7 Å². The molecule has 0 spiro atoms. The second kappa shape index (κ2) is 5.83. The van der Waals surface area contributed by atoms with Crippen LogP contribution in [0.3, 0.4) is 0 Å². The summed E-state index contributed by atoms with van der Waals surface area (Å²) in [7, 11) is 1.72. The fourth-order valence-electron chi connectivity index (χ4n) is 1.93. The SMILES string of the molecule is COC(C)(C)CCC(O)C1CCOCC1. The predicted molar refractivity (Wildman–Crippen MR) is 59.9 cm³/mol. The Bertz CT molecular complexity index is 174. The number of aliphatic hydroxyl groups excluding tert-OH is 1. The van der Waals surface area contributed by atoms with Gasteiger partial charge in [0, 0.05) is 20.3 Å². The highest BCUT2D eigenvalue weighted by molar-refractivity contribution is 4.76. The zero-order valence-electron chi connectivity index (χ0n) is 10.2. The summed E-state index contributed by atoms with van der Waals surface area (Å²) in [6.45, 7) is 5.72. The number of hydrogen-bond donors (Lipinski definition) is 1. The van der Waals surface area contributed by atoms with Crippen LogP contribution in [0.2, 0.25) is 0 Å². The summed E-state index contributed by atoms with van der Waals surface area (Å²) >= 11 is 0. The van der Waals surface area contributed by atoms with Crippen LogP contribution >= 0.6 is 0 Å². The Morgan fingerprint density at radius 3 is 2.53 bits per heavy atom. The Morgan fingerprint density at radius 1 is 1.40 bits per heavy atom. The highest BCUT2D eigenvalue weighted by Crippen LogP contribution is 2.24. The number of rotatable bonds is 5. The average molecular weight is 216 g/mol. The van der Waals surface area contributed by atoms with E-state index in [1.54, 1.807) is 7.11 Å². The van der Waals surface area contributed by atoms with Crippen molar-refractivity contribution in [2.45, 2.75) is 51.2 Å². The van der Waals surface area contributed by atoms with Gasteiger partial charge in [-0.25, -0.2) is 0 Å². The Kier molecular flexibility index (Phi) is 5.03. The molecule has 0 amide bonds. The van der Waals surface area contributed by atoms with Crippen molar-refractivity contribution in [3.05, 3.63) is 0 Å². The van der Waals surface area contributed by atoms with E-state index >= 15 is 0 Å². The van der Waals surface area contributed by atoms with Gasteiger partial charge in [-0.1, -0.05) is 0 Å². The van der Waals surface area contributed by atoms with E-state index in [0.717, 1.165) is 38.9 Å². The largest absolute Gasteiger partial charge is 0.393 e. The molecule has 1 unspecified atom stereocenters. The summed E-state index contributed by atoms with van der Waals surface area (Å²) in [5, 5.41) is 10.0. The third-order valence-electron chi connectivity index (χ3n) is 3.40. The van der Waals surface area contributed by atoms with Crippen molar-refractivity contribution < 1.29 is 14.6 Å². The fraction of sp³-hybridized carbons (Fsp3) is 1.00. The van der Waals surface area contributed by atoms with Gasteiger partial charge in [-0.05, 0) is 45.4 Å². The molecule has 3 heteroatoms. The maximum absolute atomic E-state index is 10.0. The van der Waals surface area contributed by atoms with E-state index in [1.807, 2.05) is 0 Å². The lowest BCUT2D eigenvalue weighted by Crippen LogP contribution is -2.30. The lowest BCUT2D eigenvalue weighted by molar-refractivity contribution is -0.0231. The van der Waals surface area contributed by atoms with Gasteiger partial charge in [-0.3, -0.25) is 0 Å². The van der Waals surface area contributed by atoms with Crippen LogP contribution in [0.25, 0.3) is 0 Å². The molecule has 1 rings (SSSR count). The van der Waals surface area contributed by atoms with Gasteiger partial charge in [-0.2, -0.15) is 0 Å². The minimum absolute atomic E-state index is 0.119. The van der Waals surface area contributed by atoms with Crippen LogP contribution in [-0.2, 0) is 9.47 Å². The highest BCUT2D eigenvalue weighted by atomic mass is 16.5. The molecule has 0 aromatic carbocycles.